The van der Waals surface area contributed by atoms with Gasteiger partial charge in [-0.3, -0.25) is 4.98 Å². The lowest BCUT2D eigenvalue weighted by Crippen LogP contribution is -2.26. The second-order valence-corrected chi connectivity index (χ2v) is 2.71. The molecule has 14 heavy (non-hydrogen) atoms. The molecule has 2 N–H and O–H groups in total. The Balaban J connectivity index is 0. The third kappa shape index (κ3) is 3.92. The van der Waals surface area contributed by atoms with Crippen LogP contribution in [0.25, 0.3) is 0 Å². The van der Waals surface area contributed by atoms with Gasteiger partial charge < -0.3 is 5.73 Å². The molecule has 0 atom stereocenters. The lowest BCUT2D eigenvalue weighted by atomic mass is 10.2. The SMILES string of the molecule is Cl.Cl.NCC(F)(F)c1ccc(Cl)cn1. The van der Waals surface area contributed by atoms with Crippen LogP contribution in [0.1, 0.15) is 5.69 Å². The maximum atomic E-state index is 12.8. The summed E-state index contributed by atoms with van der Waals surface area (Å²) in [7, 11) is 0. The number of alkyl halides is 2. The maximum absolute atomic E-state index is 12.8. The highest BCUT2D eigenvalue weighted by Gasteiger charge is 2.30. The van der Waals surface area contributed by atoms with Crippen LogP contribution in [0.3, 0.4) is 0 Å². The van der Waals surface area contributed by atoms with Crippen molar-refractivity contribution in [2.45, 2.75) is 5.92 Å². The van der Waals surface area contributed by atoms with Gasteiger partial charge >= 0.3 is 5.92 Å². The molecule has 0 fully saturated rings. The van der Waals surface area contributed by atoms with Gasteiger partial charge in [0.2, 0.25) is 0 Å². The summed E-state index contributed by atoms with van der Waals surface area (Å²) in [5, 5.41) is 0.326. The average Bonchev–Trinajstić information content (AvgIpc) is 2.05. The van der Waals surface area contributed by atoms with Gasteiger partial charge in [0.25, 0.3) is 0 Å². The van der Waals surface area contributed by atoms with E-state index in [0.29, 0.717) is 5.02 Å². The van der Waals surface area contributed by atoms with Crippen molar-refractivity contribution in [2.24, 2.45) is 5.73 Å². The fourth-order valence-electron chi connectivity index (χ4n) is 0.697. The second-order valence-electron chi connectivity index (χ2n) is 2.27. The molecule has 0 radical (unpaired) electrons. The van der Waals surface area contributed by atoms with E-state index in [-0.39, 0.29) is 30.5 Å². The van der Waals surface area contributed by atoms with Crippen LogP contribution in [-0.2, 0) is 5.92 Å². The van der Waals surface area contributed by atoms with Crippen molar-refractivity contribution in [3.05, 3.63) is 29.0 Å². The Morgan fingerprint density at radius 3 is 2.29 bits per heavy atom. The van der Waals surface area contributed by atoms with Crippen molar-refractivity contribution < 1.29 is 8.78 Å². The van der Waals surface area contributed by atoms with E-state index in [0.717, 1.165) is 6.07 Å². The zero-order chi connectivity index (χ0) is 9.19. The third-order valence-corrected chi connectivity index (χ3v) is 1.58. The summed E-state index contributed by atoms with van der Waals surface area (Å²) in [5.41, 5.74) is 4.50. The molecule has 0 amide bonds. The molecule has 0 saturated carbocycles. The predicted molar refractivity (Wildman–Crippen MR) is 56.7 cm³/mol. The zero-order valence-electron chi connectivity index (χ0n) is 6.91. The number of aromatic nitrogens is 1. The van der Waals surface area contributed by atoms with Crippen molar-refractivity contribution in [3.8, 4) is 0 Å². The van der Waals surface area contributed by atoms with Gasteiger partial charge in [0.05, 0.1) is 11.6 Å². The molecular formula is C7H9Cl3F2N2. The molecule has 2 nitrogen and oxygen atoms in total. The minimum atomic E-state index is -3.06. The first-order valence-electron chi connectivity index (χ1n) is 3.26. The lowest BCUT2D eigenvalue weighted by molar-refractivity contribution is 0.00139. The summed E-state index contributed by atoms with van der Waals surface area (Å²) in [6.45, 7) is -0.748. The molecule has 0 aromatic carbocycles. The molecule has 0 aliphatic heterocycles. The average molecular weight is 266 g/mol. The third-order valence-electron chi connectivity index (χ3n) is 1.36. The van der Waals surface area contributed by atoms with Crippen LogP contribution < -0.4 is 5.73 Å². The molecule has 0 bridgehead atoms. The standard InChI is InChI=1S/C7H7ClF2N2.2ClH/c8-5-1-2-6(12-3-5)7(9,10)4-11;;/h1-3H,4,11H2;2*1H. The number of rotatable bonds is 2. The number of halogens is 5. The Labute approximate surface area is 97.7 Å². The molecular weight excluding hydrogens is 256 g/mol. The number of hydrogen-bond donors (Lipinski definition) is 1. The van der Waals surface area contributed by atoms with Crippen molar-refractivity contribution in [1.82, 2.24) is 4.98 Å². The largest absolute Gasteiger partial charge is 0.325 e. The maximum Gasteiger partial charge on any atom is 0.301 e. The van der Waals surface area contributed by atoms with Crippen molar-refractivity contribution >= 4 is 36.4 Å². The number of nitrogens with zero attached hydrogens (tertiary/aromatic N) is 1. The Hall–Kier alpha value is -0.160. The Morgan fingerprint density at radius 1 is 1.36 bits per heavy atom. The van der Waals surface area contributed by atoms with Gasteiger partial charge in [-0.05, 0) is 12.1 Å². The topological polar surface area (TPSA) is 38.9 Å². The van der Waals surface area contributed by atoms with Gasteiger partial charge in [0.15, 0.2) is 0 Å². The molecule has 1 aromatic rings. The molecule has 7 heteroatoms. The highest BCUT2D eigenvalue weighted by atomic mass is 35.5. The first kappa shape index (κ1) is 16.3. The summed E-state index contributed by atoms with van der Waals surface area (Å²) in [5.74, 6) is -3.06. The number of pyridine rings is 1. The van der Waals surface area contributed by atoms with Crippen LogP contribution in [0, 0.1) is 0 Å². The molecule has 0 spiro atoms. The monoisotopic (exact) mass is 264 g/mol. The first-order valence-corrected chi connectivity index (χ1v) is 3.64. The van der Waals surface area contributed by atoms with Gasteiger partial charge in [0, 0.05) is 6.20 Å². The fraction of sp³-hybridized carbons (Fsp3) is 0.286. The van der Waals surface area contributed by atoms with Crippen LogP contribution in [0.15, 0.2) is 18.3 Å². The van der Waals surface area contributed by atoms with E-state index >= 15 is 0 Å². The van der Waals surface area contributed by atoms with E-state index in [1.165, 1.54) is 12.3 Å². The van der Waals surface area contributed by atoms with Gasteiger partial charge in [-0.15, -0.1) is 24.8 Å². The molecule has 0 saturated heterocycles. The fourth-order valence-corrected chi connectivity index (χ4v) is 0.809. The van der Waals surface area contributed by atoms with Crippen molar-refractivity contribution in [3.63, 3.8) is 0 Å². The molecule has 0 aliphatic carbocycles. The van der Waals surface area contributed by atoms with Crippen LogP contribution in [0.2, 0.25) is 5.02 Å². The van der Waals surface area contributed by atoms with E-state index in [1.807, 2.05) is 0 Å². The van der Waals surface area contributed by atoms with Gasteiger partial charge in [-0.25, -0.2) is 0 Å². The van der Waals surface area contributed by atoms with Gasteiger partial charge in [-0.2, -0.15) is 8.78 Å². The van der Waals surface area contributed by atoms with E-state index < -0.39 is 12.5 Å². The van der Waals surface area contributed by atoms with Crippen molar-refractivity contribution in [2.75, 3.05) is 6.54 Å². The summed E-state index contributed by atoms with van der Waals surface area (Å²) >= 11 is 5.47. The van der Waals surface area contributed by atoms with E-state index in [2.05, 4.69) is 4.98 Å². The summed E-state index contributed by atoms with van der Waals surface area (Å²) in [6.07, 6.45) is 1.17. The number of hydrogen-bond acceptors (Lipinski definition) is 2. The quantitative estimate of drug-likeness (QED) is 0.893. The normalized spacial score (nSPS) is 10.0. The Bertz CT molecular complexity index is 266. The van der Waals surface area contributed by atoms with Crippen LogP contribution in [-0.4, -0.2) is 11.5 Å². The Morgan fingerprint density at radius 2 is 1.93 bits per heavy atom. The van der Waals surface area contributed by atoms with E-state index in [1.54, 1.807) is 0 Å². The second kappa shape index (κ2) is 6.35. The zero-order valence-corrected chi connectivity index (χ0v) is 9.30. The Kier molecular flexibility index (Phi) is 7.38. The summed E-state index contributed by atoms with van der Waals surface area (Å²) < 4.78 is 25.6. The molecule has 82 valence electrons. The molecule has 1 rings (SSSR count). The minimum Gasteiger partial charge on any atom is -0.325 e. The highest BCUT2D eigenvalue weighted by Crippen LogP contribution is 2.24. The van der Waals surface area contributed by atoms with Crippen LogP contribution in [0.4, 0.5) is 8.78 Å². The smallest absolute Gasteiger partial charge is 0.301 e. The summed E-state index contributed by atoms with van der Waals surface area (Å²) in [6, 6.07) is 2.52. The van der Waals surface area contributed by atoms with Crippen LogP contribution in [0.5, 0.6) is 0 Å². The lowest BCUT2D eigenvalue weighted by Gasteiger charge is -2.12. The highest BCUT2D eigenvalue weighted by molar-refractivity contribution is 6.30. The molecule has 1 heterocycles. The van der Waals surface area contributed by atoms with Gasteiger partial charge in [0.1, 0.15) is 5.69 Å². The van der Waals surface area contributed by atoms with Gasteiger partial charge in [-0.1, -0.05) is 11.6 Å². The van der Waals surface area contributed by atoms with E-state index in [4.69, 9.17) is 17.3 Å². The van der Waals surface area contributed by atoms with Crippen molar-refractivity contribution in [1.29, 1.82) is 0 Å². The molecule has 1 aromatic heterocycles. The molecule has 0 aliphatic rings. The minimum absolute atomic E-state index is 0. The van der Waals surface area contributed by atoms with E-state index in [9.17, 15) is 8.78 Å². The number of nitrogens with two attached hydrogens (primary N) is 1. The first-order chi connectivity index (χ1) is 5.56. The molecule has 0 unspecified atom stereocenters. The summed E-state index contributed by atoms with van der Waals surface area (Å²) in [4.78, 5) is 3.46. The van der Waals surface area contributed by atoms with Crippen LogP contribution >= 0.6 is 36.4 Å². The predicted octanol–water partition coefficient (Wildman–Crippen LogP) is 2.63.